The van der Waals surface area contributed by atoms with Gasteiger partial charge in [-0.2, -0.15) is 4.31 Å². The minimum atomic E-state index is -3.35. The van der Waals surface area contributed by atoms with Crippen LogP contribution < -0.4 is 0 Å². The number of hydrogen-bond acceptors (Lipinski definition) is 3. The zero-order chi connectivity index (χ0) is 16.8. The molecule has 1 fully saturated rings. The van der Waals surface area contributed by atoms with E-state index in [4.69, 9.17) is 0 Å². The van der Waals surface area contributed by atoms with Gasteiger partial charge in [0.2, 0.25) is 10.0 Å². The maximum absolute atomic E-state index is 12.4. The van der Waals surface area contributed by atoms with Gasteiger partial charge in [0.1, 0.15) is 0 Å². The molecular formula is C19H23ClN2O2S. The standard InChI is InChI=1S/C19H22N2O2S.ClH/c22-24(23,16-11-18-7-3-1-4-8-18)21-14-12-20(13-15-21)17-19-9-5-2-6-10-19;/h1-11,16H,12-15,17H2;1H/b16-11+;. The summed E-state index contributed by atoms with van der Waals surface area (Å²) in [6.45, 7) is 3.46. The molecule has 3 rings (SSSR count). The van der Waals surface area contributed by atoms with E-state index >= 15 is 0 Å². The Hall–Kier alpha value is -1.66. The molecule has 0 N–H and O–H groups in total. The van der Waals surface area contributed by atoms with Crippen LogP contribution in [0.1, 0.15) is 11.1 Å². The second kappa shape index (κ2) is 9.15. The molecule has 1 heterocycles. The van der Waals surface area contributed by atoms with Crippen molar-refractivity contribution in [3.8, 4) is 0 Å². The molecule has 0 radical (unpaired) electrons. The van der Waals surface area contributed by atoms with E-state index < -0.39 is 10.0 Å². The highest BCUT2D eigenvalue weighted by Gasteiger charge is 2.24. The second-order valence-electron chi connectivity index (χ2n) is 5.92. The minimum absolute atomic E-state index is 0. The molecule has 0 aliphatic carbocycles. The molecule has 6 heteroatoms. The molecule has 0 aromatic heterocycles. The summed E-state index contributed by atoms with van der Waals surface area (Å²) in [5.41, 5.74) is 2.15. The second-order valence-corrected chi connectivity index (χ2v) is 7.74. The number of hydrogen-bond donors (Lipinski definition) is 0. The van der Waals surface area contributed by atoms with Crippen molar-refractivity contribution in [1.82, 2.24) is 9.21 Å². The van der Waals surface area contributed by atoms with E-state index in [1.165, 1.54) is 11.0 Å². The molecule has 0 unspecified atom stereocenters. The average molecular weight is 379 g/mol. The summed E-state index contributed by atoms with van der Waals surface area (Å²) in [7, 11) is -3.35. The highest BCUT2D eigenvalue weighted by molar-refractivity contribution is 7.92. The fraction of sp³-hybridized carbons (Fsp3) is 0.263. The van der Waals surface area contributed by atoms with Crippen molar-refractivity contribution in [2.24, 2.45) is 0 Å². The maximum atomic E-state index is 12.4. The molecule has 4 nitrogen and oxygen atoms in total. The van der Waals surface area contributed by atoms with Gasteiger partial charge in [-0.25, -0.2) is 8.42 Å². The van der Waals surface area contributed by atoms with Gasteiger partial charge in [-0.3, -0.25) is 4.90 Å². The first-order valence-corrected chi connectivity index (χ1v) is 9.63. The van der Waals surface area contributed by atoms with Gasteiger partial charge in [0.15, 0.2) is 0 Å². The topological polar surface area (TPSA) is 40.6 Å². The third-order valence-electron chi connectivity index (χ3n) is 4.17. The summed E-state index contributed by atoms with van der Waals surface area (Å²) in [4.78, 5) is 2.29. The number of halogens is 1. The summed E-state index contributed by atoms with van der Waals surface area (Å²) in [6.07, 6.45) is 1.66. The van der Waals surface area contributed by atoms with E-state index in [9.17, 15) is 8.42 Å². The molecular weight excluding hydrogens is 356 g/mol. The van der Waals surface area contributed by atoms with Gasteiger partial charge in [-0.1, -0.05) is 60.7 Å². The van der Waals surface area contributed by atoms with Crippen LogP contribution >= 0.6 is 12.4 Å². The Morgan fingerprint density at radius 3 is 2.00 bits per heavy atom. The van der Waals surface area contributed by atoms with Crippen molar-refractivity contribution in [3.05, 3.63) is 77.2 Å². The Kier molecular flexibility index (Phi) is 7.20. The molecule has 1 saturated heterocycles. The van der Waals surface area contributed by atoms with Crippen LogP contribution in [0.4, 0.5) is 0 Å². The fourth-order valence-electron chi connectivity index (χ4n) is 2.80. The molecule has 0 spiro atoms. The molecule has 0 bridgehead atoms. The first kappa shape index (κ1) is 19.7. The first-order valence-electron chi connectivity index (χ1n) is 8.13. The van der Waals surface area contributed by atoms with E-state index in [1.807, 2.05) is 48.5 Å². The quantitative estimate of drug-likeness (QED) is 0.802. The predicted octanol–water partition coefficient (Wildman–Crippen LogP) is 3.23. The molecule has 2 aromatic carbocycles. The van der Waals surface area contributed by atoms with Gasteiger partial charge in [0, 0.05) is 38.1 Å². The molecule has 0 amide bonds. The van der Waals surface area contributed by atoms with Crippen LogP contribution in [0.25, 0.3) is 6.08 Å². The summed E-state index contributed by atoms with van der Waals surface area (Å²) in [5.74, 6) is 0. The van der Waals surface area contributed by atoms with Crippen molar-refractivity contribution in [1.29, 1.82) is 0 Å². The number of piperazine rings is 1. The van der Waals surface area contributed by atoms with E-state index in [-0.39, 0.29) is 12.4 Å². The lowest BCUT2D eigenvalue weighted by atomic mass is 10.2. The lowest BCUT2D eigenvalue weighted by Gasteiger charge is -2.33. The van der Waals surface area contributed by atoms with Crippen LogP contribution in [0, 0.1) is 0 Å². The summed E-state index contributed by atoms with van der Waals surface area (Å²) in [6, 6.07) is 19.8. The van der Waals surface area contributed by atoms with E-state index in [0.717, 1.165) is 25.2 Å². The van der Waals surface area contributed by atoms with Crippen molar-refractivity contribution in [3.63, 3.8) is 0 Å². The zero-order valence-electron chi connectivity index (χ0n) is 14.0. The van der Waals surface area contributed by atoms with Crippen LogP contribution in [0.15, 0.2) is 66.1 Å². The van der Waals surface area contributed by atoms with Crippen LogP contribution in [-0.2, 0) is 16.6 Å². The highest BCUT2D eigenvalue weighted by Crippen LogP contribution is 2.13. The summed E-state index contributed by atoms with van der Waals surface area (Å²) in [5, 5.41) is 1.31. The summed E-state index contributed by atoms with van der Waals surface area (Å²) >= 11 is 0. The zero-order valence-corrected chi connectivity index (χ0v) is 15.6. The van der Waals surface area contributed by atoms with Gasteiger partial charge >= 0.3 is 0 Å². The SMILES string of the molecule is Cl.O=S(=O)(/C=C/c1ccccc1)N1CCN(Cc2ccccc2)CC1. The van der Waals surface area contributed by atoms with Crippen molar-refractivity contribution >= 4 is 28.5 Å². The van der Waals surface area contributed by atoms with E-state index in [1.54, 1.807) is 10.4 Å². The molecule has 0 atom stereocenters. The third kappa shape index (κ3) is 5.68. The Morgan fingerprint density at radius 1 is 0.840 bits per heavy atom. The Labute approximate surface area is 156 Å². The van der Waals surface area contributed by atoms with Crippen molar-refractivity contribution in [2.45, 2.75) is 6.54 Å². The Morgan fingerprint density at radius 2 is 1.40 bits per heavy atom. The van der Waals surface area contributed by atoms with Gasteiger partial charge < -0.3 is 0 Å². The monoisotopic (exact) mass is 378 g/mol. The molecule has 1 aliphatic heterocycles. The molecule has 2 aromatic rings. The molecule has 1 aliphatic rings. The van der Waals surface area contributed by atoms with Crippen molar-refractivity contribution < 1.29 is 8.42 Å². The Balaban J connectivity index is 0.00000225. The van der Waals surface area contributed by atoms with E-state index in [2.05, 4.69) is 17.0 Å². The number of sulfonamides is 1. The highest BCUT2D eigenvalue weighted by atomic mass is 35.5. The largest absolute Gasteiger partial charge is 0.296 e. The lowest BCUT2D eigenvalue weighted by Crippen LogP contribution is -2.47. The Bertz CT molecular complexity index is 772. The van der Waals surface area contributed by atoms with Crippen LogP contribution in [0.3, 0.4) is 0 Å². The van der Waals surface area contributed by atoms with Crippen LogP contribution in [-0.4, -0.2) is 43.8 Å². The van der Waals surface area contributed by atoms with Crippen LogP contribution in [0.5, 0.6) is 0 Å². The van der Waals surface area contributed by atoms with Gasteiger partial charge in [0.25, 0.3) is 0 Å². The average Bonchev–Trinajstić information content (AvgIpc) is 2.62. The summed E-state index contributed by atoms with van der Waals surface area (Å²) < 4.78 is 26.5. The number of benzene rings is 2. The smallest absolute Gasteiger partial charge is 0.236 e. The third-order valence-corrected chi connectivity index (χ3v) is 5.74. The van der Waals surface area contributed by atoms with Crippen LogP contribution in [0.2, 0.25) is 0 Å². The molecule has 134 valence electrons. The minimum Gasteiger partial charge on any atom is -0.296 e. The number of nitrogens with zero attached hydrogens (tertiary/aromatic N) is 2. The van der Waals surface area contributed by atoms with Crippen molar-refractivity contribution in [2.75, 3.05) is 26.2 Å². The maximum Gasteiger partial charge on any atom is 0.236 e. The lowest BCUT2D eigenvalue weighted by molar-refractivity contribution is 0.182. The van der Waals surface area contributed by atoms with Gasteiger partial charge in [-0.15, -0.1) is 12.4 Å². The molecule has 0 saturated carbocycles. The van der Waals surface area contributed by atoms with Gasteiger partial charge in [0.05, 0.1) is 0 Å². The molecule has 25 heavy (non-hydrogen) atoms. The van der Waals surface area contributed by atoms with Gasteiger partial charge in [-0.05, 0) is 17.2 Å². The first-order chi connectivity index (χ1) is 11.6. The predicted molar refractivity (Wildman–Crippen MR) is 105 cm³/mol. The number of rotatable bonds is 5. The van der Waals surface area contributed by atoms with E-state index in [0.29, 0.717) is 13.1 Å². The fourth-order valence-corrected chi connectivity index (χ4v) is 3.97. The normalized spacial score (nSPS) is 16.6.